The first-order chi connectivity index (χ1) is 13.6. The molecule has 3 aromatic rings. The standard InChI is InChI=1S/C19H22N6O3/c1-27-11-3-10-21-17-16-15(24-18(20)25-17)9-8-14(23-16)12-4-6-13(7-5-12)22-19(26)28-2/h4-9H,3,10-11H2,1-2H3,(H,22,26)(H3,20,21,24,25). The average Bonchev–Trinajstić information content (AvgIpc) is 2.71. The van der Waals surface area contributed by atoms with Gasteiger partial charge in [-0.1, -0.05) is 12.1 Å². The zero-order valence-electron chi connectivity index (χ0n) is 15.7. The number of nitrogens with two attached hydrogens (primary N) is 1. The molecular weight excluding hydrogens is 360 g/mol. The molecule has 0 spiro atoms. The molecule has 9 nitrogen and oxygen atoms in total. The molecule has 0 aliphatic rings. The van der Waals surface area contributed by atoms with Crippen molar-refractivity contribution in [1.29, 1.82) is 0 Å². The van der Waals surface area contributed by atoms with E-state index in [0.717, 1.165) is 17.7 Å². The lowest BCUT2D eigenvalue weighted by atomic mass is 10.1. The quantitative estimate of drug-likeness (QED) is 0.533. The number of aromatic nitrogens is 3. The molecule has 0 saturated heterocycles. The second-order valence-corrected chi connectivity index (χ2v) is 5.96. The van der Waals surface area contributed by atoms with E-state index in [1.165, 1.54) is 7.11 Å². The molecule has 0 unspecified atom stereocenters. The molecule has 2 heterocycles. The number of methoxy groups -OCH3 is 2. The van der Waals surface area contributed by atoms with Crippen LogP contribution in [0.4, 0.5) is 22.2 Å². The predicted molar refractivity (Wildman–Crippen MR) is 108 cm³/mol. The summed E-state index contributed by atoms with van der Waals surface area (Å²) < 4.78 is 9.65. The van der Waals surface area contributed by atoms with Gasteiger partial charge in [-0.15, -0.1) is 0 Å². The minimum Gasteiger partial charge on any atom is -0.453 e. The van der Waals surface area contributed by atoms with Crippen LogP contribution in [0.15, 0.2) is 36.4 Å². The number of hydrogen-bond acceptors (Lipinski definition) is 8. The van der Waals surface area contributed by atoms with Crippen LogP contribution in [-0.4, -0.2) is 48.4 Å². The Bertz CT molecular complexity index is 962. The Morgan fingerprint density at radius 1 is 1.07 bits per heavy atom. The topological polar surface area (TPSA) is 124 Å². The highest BCUT2D eigenvalue weighted by atomic mass is 16.5. The van der Waals surface area contributed by atoms with Gasteiger partial charge in [-0.25, -0.2) is 14.8 Å². The number of benzene rings is 1. The SMILES string of the molecule is COCCCNc1nc(N)nc2ccc(-c3ccc(NC(=O)OC)cc3)nc12. The Morgan fingerprint density at radius 3 is 2.57 bits per heavy atom. The number of nitrogens with one attached hydrogen (secondary N) is 2. The maximum absolute atomic E-state index is 11.3. The monoisotopic (exact) mass is 382 g/mol. The summed E-state index contributed by atoms with van der Waals surface area (Å²) in [6.45, 7) is 1.33. The number of nitrogens with zero attached hydrogens (tertiary/aromatic N) is 3. The van der Waals surface area contributed by atoms with Crippen molar-refractivity contribution in [2.45, 2.75) is 6.42 Å². The van der Waals surface area contributed by atoms with Gasteiger partial charge in [0.15, 0.2) is 5.82 Å². The zero-order chi connectivity index (χ0) is 19.9. The number of rotatable bonds is 7. The molecule has 0 aliphatic heterocycles. The molecule has 28 heavy (non-hydrogen) atoms. The van der Waals surface area contributed by atoms with Gasteiger partial charge >= 0.3 is 6.09 Å². The summed E-state index contributed by atoms with van der Waals surface area (Å²) in [5, 5.41) is 5.86. The number of anilines is 3. The second kappa shape index (κ2) is 8.96. The Morgan fingerprint density at radius 2 is 1.86 bits per heavy atom. The summed E-state index contributed by atoms with van der Waals surface area (Å²) in [4.78, 5) is 24.5. The van der Waals surface area contributed by atoms with Crippen LogP contribution in [0.3, 0.4) is 0 Å². The molecular formula is C19H22N6O3. The van der Waals surface area contributed by atoms with Crippen LogP contribution in [0.5, 0.6) is 0 Å². The second-order valence-electron chi connectivity index (χ2n) is 5.96. The van der Waals surface area contributed by atoms with Gasteiger partial charge in [0.2, 0.25) is 5.95 Å². The molecule has 0 fully saturated rings. The number of pyridine rings is 1. The maximum Gasteiger partial charge on any atom is 0.411 e. The fourth-order valence-corrected chi connectivity index (χ4v) is 2.63. The van der Waals surface area contributed by atoms with E-state index in [9.17, 15) is 4.79 Å². The lowest BCUT2D eigenvalue weighted by Crippen LogP contribution is -2.10. The van der Waals surface area contributed by atoms with Gasteiger partial charge in [-0.3, -0.25) is 5.32 Å². The Labute approximate surface area is 162 Å². The third-order valence-corrected chi connectivity index (χ3v) is 3.99. The lowest BCUT2D eigenvalue weighted by Gasteiger charge is -2.10. The largest absolute Gasteiger partial charge is 0.453 e. The number of hydrogen-bond donors (Lipinski definition) is 3. The van der Waals surface area contributed by atoms with Crippen LogP contribution >= 0.6 is 0 Å². The van der Waals surface area contributed by atoms with Gasteiger partial charge < -0.3 is 20.5 Å². The zero-order valence-corrected chi connectivity index (χ0v) is 15.7. The first-order valence-corrected chi connectivity index (χ1v) is 8.73. The minimum absolute atomic E-state index is 0.189. The van der Waals surface area contributed by atoms with Crippen LogP contribution in [0.25, 0.3) is 22.3 Å². The normalized spacial score (nSPS) is 10.6. The molecule has 2 aromatic heterocycles. The molecule has 0 bridgehead atoms. The molecule has 4 N–H and O–H groups in total. The van der Waals surface area contributed by atoms with E-state index >= 15 is 0 Å². The maximum atomic E-state index is 11.3. The van der Waals surface area contributed by atoms with Crippen molar-refractivity contribution >= 4 is 34.6 Å². The summed E-state index contributed by atoms with van der Waals surface area (Å²) in [7, 11) is 2.98. The molecule has 0 aliphatic carbocycles. The van der Waals surface area contributed by atoms with E-state index in [0.29, 0.717) is 35.7 Å². The Hall–Kier alpha value is -3.46. The molecule has 0 atom stereocenters. The average molecular weight is 382 g/mol. The van der Waals surface area contributed by atoms with Crippen molar-refractivity contribution in [2.75, 3.05) is 43.7 Å². The van der Waals surface area contributed by atoms with Gasteiger partial charge in [0.25, 0.3) is 0 Å². The van der Waals surface area contributed by atoms with Gasteiger partial charge in [-0.05, 0) is 30.7 Å². The number of fused-ring (bicyclic) bond motifs is 1. The summed E-state index contributed by atoms with van der Waals surface area (Å²) in [6, 6.07) is 11.0. The van der Waals surface area contributed by atoms with Gasteiger partial charge in [0.05, 0.1) is 18.3 Å². The molecule has 0 saturated carbocycles. The van der Waals surface area contributed by atoms with E-state index in [4.69, 9.17) is 15.5 Å². The highest BCUT2D eigenvalue weighted by molar-refractivity contribution is 5.88. The van der Waals surface area contributed by atoms with E-state index in [2.05, 4.69) is 25.3 Å². The Balaban J connectivity index is 1.88. The van der Waals surface area contributed by atoms with Gasteiger partial charge in [-0.2, -0.15) is 4.98 Å². The van der Waals surface area contributed by atoms with Crippen molar-refractivity contribution < 1.29 is 14.3 Å². The summed E-state index contributed by atoms with van der Waals surface area (Å²) in [5.41, 5.74) is 9.39. The van der Waals surface area contributed by atoms with E-state index in [1.54, 1.807) is 19.2 Å². The lowest BCUT2D eigenvalue weighted by molar-refractivity contribution is 0.187. The molecule has 1 aromatic carbocycles. The van der Waals surface area contributed by atoms with Crippen LogP contribution in [0.1, 0.15) is 6.42 Å². The highest BCUT2D eigenvalue weighted by Gasteiger charge is 2.10. The molecule has 1 amide bonds. The number of carbonyl (C=O) groups is 1. The first kappa shape index (κ1) is 19.3. The van der Waals surface area contributed by atoms with Gasteiger partial charge in [0.1, 0.15) is 5.52 Å². The van der Waals surface area contributed by atoms with Crippen molar-refractivity contribution in [1.82, 2.24) is 15.0 Å². The molecule has 146 valence electrons. The molecule has 3 rings (SSSR count). The van der Waals surface area contributed by atoms with Crippen molar-refractivity contribution in [3.05, 3.63) is 36.4 Å². The van der Waals surface area contributed by atoms with Crippen molar-refractivity contribution in [3.63, 3.8) is 0 Å². The van der Waals surface area contributed by atoms with Crippen molar-refractivity contribution in [2.24, 2.45) is 0 Å². The first-order valence-electron chi connectivity index (χ1n) is 8.73. The summed E-state index contributed by atoms with van der Waals surface area (Å²) in [6.07, 6.45) is 0.312. The number of nitrogen functional groups attached to an aromatic ring is 1. The third kappa shape index (κ3) is 4.63. The molecule has 0 radical (unpaired) electrons. The Kier molecular flexibility index (Phi) is 6.18. The van der Waals surface area contributed by atoms with E-state index in [-0.39, 0.29) is 5.95 Å². The van der Waals surface area contributed by atoms with Crippen LogP contribution in [0.2, 0.25) is 0 Å². The predicted octanol–water partition coefficient (Wildman–Crippen LogP) is 2.90. The van der Waals surface area contributed by atoms with E-state index < -0.39 is 6.09 Å². The number of amides is 1. The number of carbonyl (C=O) groups excluding carboxylic acids is 1. The van der Waals surface area contributed by atoms with Crippen molar-refractivity contribution in [3.8, 4) is 11.3 Å². The highest BCUT2D eigenvalue weighted by Crippen LogP contribution is 2.25. The van der Waals surface area contributed by atoms with Gasteiger partial charge in [0, 0.05) is 31.5 Å². The number of ether oxygens (including phenoxy) is 2. The fraction of sp³-hybridized carbons (Fsp3) is 0.263. The van der Waals surface area contributed by atoms with Crippen LogP contribution in [0, 0.1) is 0 Å². The third-order valence-electron chi connectivity index (χ3n) is 3.99. The van der Waals surface area contributed by atoms with Crippen LogP contribution < -0.4 is 16.4 Å². The van der Waals surface area contributed by atoms with E-state index in [1.807, 2.05) is 24.3 Å². The summed E-state index contributed by atoms with van der Waals surface area (Å²) in [5.74, 6) is 0.777. The molecule has 9 heteroatoms. The fourth-order valence-electron chi connectivity index (χ4n) is 2.63. The smallest absolute Gasteiger partial charge is 0.411 e. The summed E-state index contributed by atoms with van der Waals surface area (Å²) >= 11 is 0. The minimum atomic E-state index is -0.518. The van der Waals surface area contributed by atoms with Crippen LogP contribution in [-0.2, 0) is 9.47 Å².